The van der Waals surface area contributed by atoms with E-state index < -0.39 is 17.2 Å². The van der Waals surface area contributed by atoms with Crippen molar-refractivity contribution in [2.45, 2.75) is 26.7 Å². The fraction of sp³-hybridized carbons (Fsp3) is 0.263. The minimum absolute atomic E-state index is 0.00489. The number of para-hydroxylation sites is 1. The molecule has 0 saturated heterocycles. The fourth-order valence-corrected chi connectivity index (χ4v) is 3.08. The fourth-order valence-electron chi connectivity index (χ4n) is 3.08. The average molecular weight is 383 g/mol. The zero-order valence-electron chi connectivity index (χ0n) is 15.8. The first-order chi connectivity index (χ1) is 13.3. The van der Waals surface area contributed by atoms with Gasteiger partial charge in [0.25, 0.3) is 11.1 Å². The summed E-state index contributed by atoms with van der Waals surface area (Å²) in [7, 11) is 1.74. The van der Waals surface area contributed by atoms with Gasteiger partial charge in [-0.1, -0.05) is 18.2 Å². The van der Waals surface area contributed by atoms with Crippen LogP contribution in [0.1, 0.15) is 23.4 Å². The van der Waals surface area contributed by atoms with Crippen LogP contribution in [-0.4, -0.2) is 25.2 Å². The number of hydrogen-bond acceptors (Lipinski definition) is 4. The van der Waals surface area contributed by atoms with Gasteiger partial charge in [-0.2, -0.15) is 0 Å². The van der Waals surface area contributed by atoms with Crippen LogP contribution in [0.25, 0.3) is 5.69 Å². The highest BCUT2D eigenvalue weighted by atomic mass is 16.2. The summed E-state index contributed by atoms with van der Waals surface area (Å²) in [5.41, 5.74) is 0.814. The molecule has 3 N–H and O–H groups in total. The van der Waals surface area contributed by atoms with Gasteiger partial charge in [0.1, 0.15) is 5.69 Å². The predicted molar refractivity (Wildman–Crippen MR) is 105 cm³/mol. The molecule has 0 spiro atoms. The molecule has 0 fully saturated rings. The lowest BCUT2D eigenvalue weighted by Crippen LogP contribution is -2.28. The monoisotopic (exact) mass is 383 g/mol. The van der Waals surface area contributed by atoms with E-state index in [1.807, 2.05) is 18.2 Å². The minimum Gasteiger partial charge on any atom is -0.320 e. The number of nitrogens with zero attached hydrogens (tertiary/aromatic N) is 2. The molecule has 2 heterocycles. The maximum atomic E-state index is 12.8. The first-order valence-corrected chi connectivity index (χ1v) is 8.75. The summed E-state index contributed by atoms with van der Waals surface area (Å²) in [5.74, 6) is -0.393. The van der Waals surface area contributed by atoms with Gasteiger partial charge in [-0.3, -0.25) is 24.0 Å². The molecule has 1 aromatic carbocycles. The molecule has 3 aromatic rings. The van der Waals surface area contributed by atoms with Gasteiger partial charge in [-0.25, -0.2) is 9.48 Å². The Labute approximate surface area is 159 Å². The number of hydrogen-bond donors (Lipinski definition) is 3. The molecule has 28 heavy (non-hydrogen) atoms. The van der Waals surface area contributed by atoms with Crippen molar-refractivity contribution >= 4 is 11.6 Å². The lowest BCUT2D eigenvalue weighted by Gasteiger charge is -2.07. The van der Waals surface area contributed by atoms with Crippen LogP contribution in [-0.2, 0) is 18.3 Å². The second-order valence-corrected chi connectivity index (χ2v) is 6.50. The molecule has 3 rings (SSSR count). The van der Waals surface area contributed by atoms with Gasteiger partial charge in [0.15, 0.2) is 0 Å². The van der Waals surface area contributed by atoms with Crippen LogP contribution in [0.5, 0.6) is 0 Å². The van der Waals surface area contributed by atoms with E-state index in [0.29, 0.717) is 22.6 Å². The molecule has 0 atom stereocenters. The molecule has 0 aliphatic heterocycles. The number of carbonyl (C=O) groups excluding carboxylic acids is 1. The van der Waals surface area contributed by atoms with Gasteiger partial charge in [0.05, 0.1) is 11.4 Å². The Kier molecular flexibility index (Phi) is 5.16. The van der Waals surface area contributed by atoms with Crippen molar-refractivity contribution in [1.29, 1.82) is 0 Å². The third kappa shape index (κ3) is 3.59. The molecule has 0 aliphatic carbocycles. The van der Waals surface area contributed by atoms with Crippen LogP contribution in [0.2, 0.25) is 0 Å². The number of H-pyrrole nitrogens is 2. The summed E-state index contributed by atoms with van der Waals surface area (Å²) < 4.78 is 3.14. The van der Waals surface area contributed by atoms with E-state index in [0.717, 1.165) is 0 Å². The Morgan fingerprint density at radius 1 is 1.07 bits per heavy atom. The normalized spacial score (nSPS) is 10.8. The van der Waals surface area contributed by atoms with Gasteiger partial charge in [0, 0.05) is 24.7 Å². The Hall–Kier alpha value is -3.62. The topological polar surface area (TPSA) is 122 Å². The molecule has 146 valence electrons. The summed E-state index contributed by atoms with van der Waals surface area (Å²) >= 11 is 0. The number of amides is 1. The summed E-state index contributed by atoms with van der Waals surface area (Å²) in [4.78, 5) is 52.9. The van der Waals surface area contributed by atoms with Crippen LogP contribution in [0, 0.1) is 13.8 Å². The maximum absolute atomic E-state index is 12.8. The number of aromatic amines is 2. The Balaban J connectivity index is 1.81. The third-order valence-electron chi connectivity index (χ3n) is 4.68. The number of aromatic nitrogens is 4. The first kappa shape index (κ1) is 19.2. The largest absolute Gasteiger partial charge is 0.325 e. The highest BCUT2D eigenvalue weighted by Gasteiger charge is 2.18. The number of anilines is 1. The molecule has 2 aromatic heterocycles. The van der Waals surface area contributed by atoms with E-state index in [1.165, 1.54) is 4.68 Å². The molecule has 0 unspecified atom stereocenters. The molecular weight excluding hydrogens is 362 g/mol. The Bertz CT molecular complexity index is 1200. The minimum atomic E-state index is -0.586. The van der Waals surface area contributed by atoms with Gasteiger partial charge in [0.2, 0.25) is 5.91 Å². The van der Waals surface area contributed by atoms with E-state index in [1.54, 1.807) is 37.7 Å². The van der Waals surface area contributed by atoms with Crippen molar-refractivity contribution in [1.82, 2.24) is 19.3 Å². The van der Waals surface area contributed by atoms with Gasteiger partial charge in [-0.15, -0.1) is 0 Å². The number of nitrogens with one attached hydrogen (secondary N) is 3. The lowest BCUT2D eigenvalue weighted by atomic mass is 10.1. The number of carbonyl (C=O) groups is 1. The molecule has 0 saturated carbocycles. The van der Waals surface area contributed by atoms with Gasteiger partial charge >= 0.3 is 5.69 Å². The molecule has 0 bridgehead atoms. The van der Waals surface area contributed by atoms with Gasteiger partial charge < -0.3 is 10.3 Å². The van der Waals surface area contributed by atoms with Crippen molar-refractivity contribution in [3.8, 4) is 5.69 Å². The smallest absolute Gasteiger partial charge is 0.320 e. The SMILES string of the molecule is Cc1[nH]c(=O)[nH]c(=O)c1CCC(=O)Nc1c(C)n(C)n(-c2ccccc2)c1=O. The van der Waals surface area contributed by atoms with Gasteiger partial charge in [-0.05, 0) is 32.4 Å². The van der Waals surface area contributed by atoms with Crippen molar-refractivity contribution in [3.05, 3.63) is 78.5 Å². The molecule has 0 radical (unpaired) electrons. The van der Waals surface area contributed by atoms with E-state index >= 15 is 0 Å². The summed E-state index contributed by atoms with van der Waals surface area (Å²) in [6, 6.07) is 9.11. The van der Waals surface area contributed by atoms with Crippen LogP contribution in [0.3, 0.4) is 0 Å². The number of rotatable bonds is 5. The molecular formula is C19H21N5O4. The zero-order chi connectivity index (χ0) is 20.4. The van der Waals surface area contributed by atoms with Crippen LogP contribution >= 0.6 is 0 Å². The predicted octanol–water partition coefficient (Wildman–Crippen LogP) is 0.741. The summed E-state index contributed by atoms with van der Waals surface area (Å²) in [5, 5.41) is 2.65. The quantitative estimate of drug-likeness (QED) is 0.601. The second-order valence-electron chi connectivity index (χ2n) is 6.50. The number of aryl methyl sites for hydroxylation is 1. The number of benzene rings is 1. The summed E-state index contributed by atoms with van der Waals surface area (Å²) in [6.45, 7) is 3.34. The van der Waals surface area contributed by atoms with Crippen molar-refractivity contribution in [2.75, 3.05) is 5.32 Å². The third-order valence-corrected chi connectivity index (χ3v) is 4.68. The average Bonchev–Trinajstić information content (AvgIpc) is 2.85. The van der Waals surface area contributed by atoms with E-state index in [-0.39, 0.29) is 24.1 Å². The zero-order valence-corrected chi connectivity index (χ0v) is 15.8. The highest BCUT2D eigenvalue weighted by molar-refractivity contribution is 5.91. The maximum Gasteiger partial charge on any atom is 0.325 e. The highest BCUT2D eigenvalue weighted by Crippen LogP contribution is 2.14. The Morgan fingerprint density at radius 3 is 2.39 bits per heavy atom. The Morgan fingerprint density at radius 2 is 1.75 bits per heavy atom. The molecule has 9 nitrogen and oxygen atoms in total. The molecule has 0 aliphatic rings. The lowest BCUT2D eigenvalue weighted by molar-refractivity contribution is -0.116. The van der Waals surface area contributed by atoms with E-state index in [9.17, 15) is 19.2 Å². The standard InChI is InChI=1S/C19H21N5O4/c1-11-14(17(26)22-19(28)20-11)9-10-15(25)21-16-12(2)23(3)24(18(16)27)13-7-5-4-6-8-13/h4-8H,9-10H2,1-3H3,(H,21,25)(H2,20,22,26,28). The van der Waals surface area contributed by atoms with Crippen LogP contribution in [0.15, 0.2) is 44.7 Å². The molecule has 1 amide bonds. The first-order valence-electron chi connectivity index (χ1n) is 8.75. The van der Waals surface area contributed by atoms with Crippen molar-refractivity contribution < 1.29 is 4.79 Å². The second kappa shape index (κ2) is 7.55. The van der Waals surface area contributed by atoms with E-state index in [2.05, 4.69) is 15.3 Å². The van der Waals surface area contributed by atoms with Crippen LogP contribution < -0.4 is 22.1 Å². The molecule has 9 heteroatoms. The van der Waals surface area contributed by atoms with Crippen molar-refractivity contribution in [3.63, 3.8) is 0 Å². The van der Waals surface area contributed by atoms with E-state index in [4.69, 9.17) is 0 Å². The van der Waals surface area contributed by atoms with Crippen LogP contribution in [0.4, 0.5) is 5.69 Å². The summed E-state index contributed by atoms with van der Waals surface area (Å²) in [6.07, 6.45) is 0.137. The van der Waals surface area contributed by atoms with Crippen molar-refractivity contribution in [2.24, 2.45) is 7.05 Å².